The Morgan fingerprint density at radius 1 is 1.00 bits per heavy atom. The van der Waals surface area contributed by atoms with Gasteiger partial charge in [0.05, 0.1) is 5.54 Å². The summed E-state index contributed by atoms with van der Waals surface area (Å²) in [6.07, 6.45) is 1.04. The summed E-state index contributed by atoms with van der Waals surface area (Å²) in [6, 6.07) is 17.0. The molecule has 0 aliphatic rings. The summed E-state index contributed by atoms with van der Waals surface area (Å²) in [5, 5.41) is 0. The van der Waals surface area contributed by atoms with Crippen molar-refractivity contribution in [3.63, 3.8) is 0 Å². The van der Waals surface area contributed by atoms with E-state index in [4.69, 9.17) is 5.73 Å². The van der Waals surface area contributed by atoms with Gasteiger partial charge in [-0.1, -0.05) is 61.0 Å². The van der Waals surface area contributed by atoms with Crippen molar-refractivity contribution >= 4 is 0 Å². The molecule has 0 spiro atoms. The van der Waals surface area contributed by atoms with Gasteiger partial charge in [-0.3, -0.25) is 0 Å². The maximum absolute atomic E-state index is 6.53. The highest BCUT2D eigenvalue weighted by Gasteiger charge is 2.23. The molecule has 0 aliphatic heterocycles. The first-order chi connectivity index (χ1) is 8.54. The quantitative estimate of drug-likeness (QED) is 0.866. The molecule has 0 saturated carbocycles. The lowest BCUT2D eigenvalue weighted by Gasteiger charge is -2.26. The third-order valence-electron chi connectivity index (χ3n) is 3.59. The fourth-order valence-electron chi connectivity index (χ4n) is 2.18. The average Bonchev–Trinajstić information content (AvgIpc) is 2.39. The van der Waals surface area contributed by atoms with E-state index in [-0.39, 0.29) is 0 Å². The fraction of sp³-hybridized carbons (Fsp3) is 0.294. The topological polar surface area (TPSA) is 26.0 Å². The van der Waals surface area contributed by atoms with E-state index in [9.17, 15) is 0 Å². The molecule has 0 bridgehead atoms. The maximum atomic E-state index is 6.53. The average molecular weight is 239 g/mol. The summed E-state index contributed by atoms with van der Waals surface area (Å²) >= 11 is 0. The molecule has 0 radical (unpaired) electrons. The summed E-state index contributed by atoms with van der Waals surface area (Å²) < 4.78 is 0. The second kappa shape index (κ2) is 4.95. The Labute approximate surface area is 110 Å². The Morgan fingerprint density at radius 3 is 2.28 bits per heavy atom. The van der Waals surface area contributed by atoms with E-state index < -0.39 is 5.54 Å². The second-order valence-electron chi connectivity index (χ2n) is 5.12. The number of hydrogen-bond donors (Lipinski definition) is 1. The van der Waals surface area contributed by atoms with Gasteiger partial charge >= 0.3 is 0 Å². The minimum atomic E-state index is -0.432. The summed E-state index contributed by atoms with van der Waals surface area (Å²) in [5.41, 5.74) is 11.0. The predicted octanol–water partition coefficient (Wildman–Crippen LogP) is 3.78. The van der Waals surface area contributed by atoms with Gasteiger partial charge in [0.2, 0.25) is 0 Å². The first-order valence-corrected chi connectivity index (χ1v) is 6.49. The molecule has 2 aromatic carbocycles. The van der Waals surface area contributed by atoms with Crippen LogP contribution in [-0.4, -0.2) is 0 Å². The highest BCUT2D eigenvalue weighted by molar-refractivity contribution is 5.39. The van der Waals surface area contributed by atoms with Crippen LogP contribution in [0.4, 0.5) is 0 Å². The normalized spacial score (nSPS) is 14.2. The predicted molar refractivity (Wildman–Crippen MR) is 77.6 cm³/mol. The van der Waals surface area contributed by atoms with Crippen LogP contribution in [0.1, 0.15) is 36.1 Å². The van der Waals surface area contributed by atoms with Crippen molar-refractivity contribution in [2.24, 2.45) is 5.73 Å². The van der Waals surface area contributed by atoms with Gasteiger partial charge in [0.25, 0.3) is 0 Å². The van der Waals surface area contributed by atoms with Gasteiger partial charge in [-0.05, 0) is 37.0 Å². The standard InChI is InChI=1S/C17H21N/c1-4-14-6-5-7-16(12-14)17(3,18)15-10-8-13(2)9-11-15/h5-12H,4,18H2,1-3H3. The first-order valence-electron chi connectivity index (χ1n) is 6.49. The Morgan fingerprint density at radius 2 is 1.67 bits per heavy atom. The fourth-order valence-corrected chi connectivity index (χ4v) is 2.18. The molecule has 2 N–H and O–H groups in total. The van der Waals surface area contributed by atoms with Crippen LogP contribution in [0.3, 0.4) is 0 Å². The maximum Gasteiger partial charge on any atom is 0.0637 e. The van der Waals surface area contributed by atoms with Gasteiger partial charge in [-0.15, -0.1) is 0 Å². The van der Waals surface area contributed by atoms with Gasteiger partial charge in [0.15, 0.2) is 0 Å². The molecule has 18 heavy (non-hydrogen) atoms. The summed E-state index contributed by atoms with van der Waals surface area (Å²) in [6.45, 7) is 6.33. The van der Waals surface area contributed by atoms with Gasteiger partial charge < -0.3 is 5.73 Å². The number of nitrogens with two attached hydrogens (primary N) is 1. The molecule has 2 rings (SSSR count). The van der Waals surface area contributed by atoms with Crippen LogP contribution in [0.5, 0.6) is 0 Å². The van der Waals surface area contributed by atoms with Crippen molar-refractivity contribution in [1.82, 2.24) is 0 Å². The molecule has 0 fully saturated rings. The molecule has 0 heterocycles. The summed E-state index contributed by atoms with van der Waals surface area (Å²) in [4.78, 5) is 0. The number of aryl methyl sites for hydroxylation is 2. The van der Waals surface area contributed by atoms with Crippen LogP contribution in [-0.2, 0) is 12.0 Å². The van der Waals surface area contributed by atoms with E-state index in [1.54, 1.807) is 0 Å². The third-order valence-corrected chi connectivity index (χ3v) is 3.59. The molecular formula is C17H21N. The third kappa shape index (κ3) is 2.46. The SMILES string of the molecule is CCc1cccc(C(C)(N)c2ccc(C)cc2)c1. The Balaban J connectivity index is 2.43. The second-order valence-corrected chi connectivity index (χ2v) is 5.12. The van der Waals surface area contributed by atoms with Crippen molar-refractivity contribution in [3.8, 4) is 0 Å². The zero-order chi connectivity index (χ0) is 13.2. The largest absolute Gasteiger partial charge is 0.318 e. The van der Waals surface area contributed by atoms with Gasteiger partial charge in [0.1, 0.15) is 0 Å². The zero-order valence-electron chi connectivity index (χ0n) is 11.4. The monoisotopic (exact) mass is 239 g/mol. The molecule has 0 amide bonds. The lowest BCUT2D eigenvalue weighted by atomic mass is 9.84. The minimum absolute atomic E-state index is 0.432. The Kier molecular flexibility index (Phi) is 3.53. The van der Waals surface area contributed by atoms with E-state index in [0.29, 0.717) is 0 Å². The van der Waals surface area contributed by atoms with Gasteiger partial charge in [0, 0.05) is 0 Å². The van der Waals surface area contributed by atoms with Crippen LogP contribution >= 0.6 is 0 Å². The molecule has 0 aromatic heterocycles. The number of hydrogen-bond acceptors (Lipinski definition) is 1. The molecule has 0 aliphatic carbocycles. The first kappa shape index (κ1) is 12.8. The van der Waals surface area contributed by atoms with E-state index in [1.165, 1.54) is 16.7 Å². The summed E-state index contributed by atoms with van der Waals surface area (Å²) in [5.74, 6) is 0. The van der Waals surface area contributed by atoms with Crippen LogP contribution in [0.15, 0.2) is 48.5 Å². The van der Waals surface area contributed by atoms with Crippen LogP contribution in [0, 0.1) is 6.92 Å². The van der Waals surface area contributed by atoms with Crippen molar-refractivity contribution in [3.05, 3.63) is 70.8 Å². The summed E-state index contributed by atoms with van der Waals surface area (Å²) in [7, 11) is 0. The van der Waals surface area contributed by atoms with Crippen molar-refractivity contribution in [2.45, 2.75) is 32.7 Å². The molecular weight excluding hydrogens is 218 g/mol. The Hall–Kier alpha value is -1.60. The van der Waals surface area contributed by atoms with E-state index in [1.807, 2.05) is 0 Å². The van der Waals surface area contributed by atoms with Gasteiger partial charge in [-0.2, -0.15) is 0 Å². The smallest absolute Gasteiger partial charge is 0.0637 e. The molecule has 1 nitrogen and oxygen atoms in total. The van der Waals surface area contributed by atoms with Crippen molar-refractivity contribution < 1.29 is 0 Å². The lowest BCUT2D eigenvalue weighted by Crippen LogP contribution is -2.34. The molecule has 1 heteroatoms. The molecule has 2 aromatic rings. The molecule has 1 atom stereocenters. The minimum Gasteiger partial charge on any atom is -0.318 e. The van der Waals surface area contributed by atoms with Crippen molar-refractivity contribution in [1.29, 1.82) is 0 Å². The van der Waals surface area contributed by atoms with Crippen LogP contribution in [0.25, 0.3) is 0 Å². The van der Waals surface area contributed by atoms with E-state index in [2.05, 4.69) is 69.3 Å². The zero-order valence-corrected chi connectivity index (χ0v) is 11.4. The molecule has 0 saturated heterocycles. The molecule has 1 unspecified atom stereocenters. The van der Waals surface area contributed by atoms with Crippen molar-refractivity contribution in [2.75, 3.05) is 0 Å². The highest BCUT2D eigenvalue weighted by Crippen LogP contribution is 2.27. The highest BCUT2D eigenvalue weighted by atomic mass is 14.7. The van der Waals surface area contributed by atoms with E-state index in [0.717, 1.165) is 12.0 Å². The number of benzene rings is 2. The van der Waals surface area contributed by atoms with Gasteiger partial charge in [-0.25, -0.2) is 0 Å². The van der Waals surface area contributed by atoms with Crippen LogP contribution < -0.4 is 5.73 Å². The lowest BCUT2D eigenvalue weighted by molar-refractivity contribution is 0.602. The number of rotatable bonds is 3. The van der Waals surface area contributed by atoms with Crippen LogP contribution in [0.2, 0.25) is 0 Å². The molecule has 94 valence electrons. The Bertz CT molecular complexity index is 524. The van der Waals surface area contributed by atoms with E-state index >= 15 is 0 Å².